The molecule has 0 atom stereocenters. The summed E-state index contributed by atoms with van der Waals surface area (Å²) in [6.45, 7) is 2.88. The maximum atomic E-state index is 13.1. The number of rotatable bonds is 6. The standard InChI is InChI=1S/C22H20ClFN4O3/c23-19-13-17(24)4-1-16(19)14-27-21(29)15-2-5-18(6-3-15)31-22-20(25-7-8-26-22)28-9-11-30-12-10-28/h1-8,13H,9-12,14H2,(H,27,29). The van der Waals surface area contributed by atoms with E-state index < -0.39 is 5.82 Å². The van der Waals surface area contributed by atoms with Gasteiger partial charge in [-0.2, -0.15) is 0 Å². The molecule has 1 N–H and O–H groups in total. The lowest BCUT2D eigenvalue weighted by Gasteiger charge is -2.28. The quantitative estimate of drug-likeness (QED) is 0.625. The lowest BCUT2D eigenvalue weighted by molar-refractivity contribution is 0.0951. The molecule has 0 unspecified atom stereocenters. The molecule has 9 heteroatoms. The minimum Gasteiger partial charge on any atom is -0.436 e. The van der Waals surface area contributed by atoms with E-state index in [0.29, 0.717) is 54.9 Å². The summed E-state index contributed by atoms with van der Waals surface area (Å²) >= 11 is 6.00. The molecule has 3 aromatic rings. The van der Waals surface area contributed by atoms with Crippen molar-refractivity contribution in [3.05, 3.63) is 76.8 Å². The van der Waals surface area contributed by atoms with Crippen LogP contribution in [-0.2, 0) is 11.3 Å². The summed E-state index contributed by atoms with van der Waals surface area (Å²) in [5, 5.41) is 3.04. The number of nitrogens with one attached hydrogen (secondary N) is 1. The third-order valence-electron chi connectivity index (χ3n) is 4.74. The highest BCUT2D eigenvalue weighted by Gasteiger charge is 2.18. The average Bonchev–Trinajstić information content (AvgIpc) is 2.80. The van der Waals surface area contributed by atoms with Crippen molar-refractivity contribution in [2.24, 2.45) is 0 Å². The van der Waals surface area contributed by atoms with Gasteiger partial charge in [0.1, 0.15) is 11.6 Å². The van der Waals surface area contributed by atoms with E-state index in [1.165, 1.54) is 12.1 Å². The first kappa shape index (κ1) is 21.0. The normalized spacial score (nSPS) is 13.7. The van der Waals surface area contributed by atoms with Crippen LogP contribution in [0.15, 0.2) is 54.9 Å². The van der Waals surface area contributed by atoms with Gasteiger partial charge in [-0.3, -0.25) is 4.79 Å². The van der Waals surface area contributed by atoms with Crippen LogP contribution in [-0.4, -0.2) is 42.2 Å². The summed E-state index contributed by atoms with van der Waals surface area (Å²) in [5.74, 6) is 0.889. The molecule has 1 amide bonds. The van der Waals surface area contributed by atoms with Crippen LogP contribution in [0.5, 0.6) is 11.6 Å². The van der Waals surface area contributed by atoms with Crippen LogP contribution in [0.1, 0.15) is 15.9 Å². The summed E-state index contributed by atoms with van der Waals surface area (Å²) in [5.41, 5.74) is 1.09. The first-order valence-electron chi connectivity index (χ1n) is 9.74. The number of nitrogens with zero attached hydrogens (tertiary/aromatic N) is 3. The van der Waals surface area contributed by atoms with E-state index in [4.69, 9.17) is 21.1 Å². The predicted octanol–water partition coefficient (Wildman–Crippen LogP) is 3.83. The monoisotopic (exact) mass is 442 g/mol. The average molecular weight is 443 g/mol. The van der Waals surface area contributed by atoms with Gasteiger partial charge in [0.15, 0.2) is 5.82 Å². The molecule has 2 heterocycles. The molecule has 31 heavy (non-hydrogen) atoms. The predicted molar refractivity (Wildman–Crippen MR) is 114 cm³/mol. The second-order valence-electron chi connectivity index (χ2n) is 6.83. The first-order valence-corrected chi connectivity index (χ1v) is 10.1. The van der Waals surface area contributed by atoms with E-state index in [1.54, 1.807) is 42.7 Å². The molecule has 0 saturated carbocycles. The lowest BCUT2D eigenvalue weighted by Crippen LogP contribution is -2.37. The Balaban J connectivity index is 1.40. The minimum atomic E-state index is -0.421. The fourth-order valence-electron chi connectivity index (χ4n) is 3.11. The van der Waals surface area contributed by atoms with Gasteiger partial charge >= 0.3 is 0 Å². The number of halogens is 2. The Bertz CT molecular complexity index is 1060. The van der Waals surface area contributed by atoms with Crippen molar-refractivity contribution in [2.45, 2.75) is 6.54 Å². The Morgan fingerprint density at radius 2 is 1.87 bits per heavy atom. The molecule has 2 aromatic carbocycles. The van der Waals surface area contributed by atoms with Crippen molar-refractivity contribution in [1.29, 1.82) is 0 Å². The Kier molecular flexibility index (Phi) is 6.59. The fraction of sp³-hybridized carbons (Fsp3) is 0.227. The second-order valence-corrected chi connectivity index (χ2v) is 7.24. The highest BCUT2D eigenvalue weighted by molar-refractivity contribution is 6.31. The van der Waals surface area contributed by atoms with Crippen LogP contribution in [0, 0.1) is 5.82 Å². The van der Waals surface area contributed by atoms with Crippen LogP contribution < -0.4 is 15.0 Å². The van der Waals surface area contributed by atoms with E-state index in [1.807, 2.05) is 0 Å². The number of carbonyl (C=O) groups excluding carboxylic acids is 1. The van der Waals surface area contributed by atoms with Crippen LogP contribution in [0.3, 0.4) is 0 Å². The molecule has 1 fully saturated rings. The molecule has 0 aliphatic carbocycles. The Labute approximate surface area is 183 Å². The summed E-state index contributed by atoms with van der Waals surface area (Å²) in [6.07, 6.45) is 3.19. The number of hydrogen-bond acceptors (Lipinski definition) is 6. The number of hydrogen-bond donors (Lipinski definition) is 1. The van der Waals surface area contributed by atoms with Crippen LogP contribution in [0.25, 0.3) is 0 Å². The lowest BCUT2D eigenvalue weighted by atomic mass is 10.2. The van der Waals surface area contributed by atoms with E-state index in [-0.39, 0.29) is 17.5 Å². The summed E-state index contributed by atoms with van der Waals surface area (Å²) in [7, 11) is 0. The Morgan fingerprint density at radius 3 is 2.61 bits per heavy atom. The number of amides is 1. The molecule has 1 aliphatic rings. The van der Waals surface area contributed by atoms with Crippen LogP contribution in [0.2, 0.25) is 5.02 Å². The van der Waals surface area contributed by atoms with Crippen LogP contribution in [0.4, 0.5) is 10.2 Å². The maximum absolute atomic E-state index is 13.1. The van der Waals surface area contributed by atoms with Gasteiger partial charge in [-0.15, -0.1) is 0 Å². The zero-order chi connectivity index (χ0) is 21.6. The van der Waals surface area contributed by atoms with E-state index in [2.05, 4.69) is 20.2 Å². The molecular formula is C22H20ClFN4O3. The second kappa shape index (κ2) is 9.72. The van der Waals surface area contributed by atoms with Crippen molar-refractivity contribution < 1.29 is 18.7 Å². The Morgan fingerprint density at radius 1 is 1.13 bits per heavy atom. The van der Waals surface area contributed by atoms with Crippen LogP contribution >= 0.6 is 11.6 Å². The number of anilines is 1. The van der Waals surface area contributed by atoms with Gasteiger partial charge in [-0.05, 0) is 42.0 Å². The number of morpholine rings is 1. The van der Waals surface area contributed by atoms with Crippen molar-refractivity contribution >= 4 is 23.3 Å². The van der Waals surface area contributed by atoms with E-state index in [0.717, 1.165) is 0 Å². The third kappa shape index (κ3) is 5.28. The van der Waals surface area contributed by atoms with E-state index >= 15 is 0 Å². The van der Waals surface area contributed by atoms with Gasteiger partial charge in [-0.1, -0.05) is 17.7 Å². The molecule has 1 aliphatic heterocycles. The molecule has 1 saturated heterocycles. The number of carbonyl (C=O) groups is 1. The van der Waals surface area contributed by atoms with Crippen molar-refractivity contribution in [3.63, 3.8) is 0 Å². The van der Waals surface area contributed by atoms with Crippen molar-refractivity contribution in [3.8, 4) is 11.6 Å². The van der Waals surface area contributed by atoms with Crippen molar-refractivity contribution in [2.75, 3.05) is 31.2 Å². The largest absolute Gasteiger partial charge is 0.436 e. The molecule has 0 radical (unpaired) electrons. The molecule has 0 bridgehead atoms. The highest BCUT2D eigenvalue weighted by Crippen LogP contribution is 2.28. The van der Waals surface area contributed by atoms with Gasteiger partial charge in [0.25, 0.3) is 11.8 Å². The summed E-state index contributed by atoms with van der Waals surface area (Å²) in [6, 6.07) is 10.8. The first-order chi connectivity index (χ1) is 15.1. The molecule has 7 nitrogen and oxygen atoms in total. The molecule has 0 spiro atoms. The Hall–Kier alpha value is -3.23. The molecule has 160 valence electrons. The number of benzene rings is 2. The smallest absolute Gasteiger partial charge is 0.263 e. The third-order valence-corrected chi connectivity index (χ3v) is 5.09. The number of ether oxygens (including phenoxy) is 2. The highest BCUT2D eigenvalue weighted by atomic mass is 35.5. The fourth-order valence-corrected chi connectivity index (χ4v) is 3.34. The van der Waals surface area contributed by atoms with Gasteiger partial charge in [0, 0.05) is 42.6 Å². The molecular weight excluding hydrogens is 423 g/mol. The zero-order valence-corrected chi connectivity index (χ0v) is 17.3. The van der Waals surface area contributed by atoms with Gasteiger partial charge in [-0.25, -0.2) is 14.4 Å². The van der Waals surface area contributed by atoms with Gasteiger partial charge < -0.3 is 19.7 Å². The maximum Gasteiger partial charge on any atom is 0.263 e. The number of aromatic nitrogens is 2. The SMILES string of the molecule is O=C(NCc1ccc(F)cc1Cl)c1ccc(Oc2nccnc2N2CCOCC2)cc1. The van der Waals surface area contributed by atoms with E-state index in [9.17, 15) is 9.18 Å². The van der Waals surface area contributed by atoms with Crippen molar-refractivity contribution in [1.82, 2.24) is 15.3 Å². The molecule has 4 rings (SSSR count). The minimum absolute atomic E-state index is 0.193. The topological polar surface area (TPSA) is 76.6 Å². The van der Waals surface area contributed by atoms with Gasteiger partial charge in [0.05, 0.1) is 13.2 Å². The molecule has 1 aromatic heterocycles. The summed E-state index contributed by atoms with van der Waals surface area (Å²) < 4.78 is 24.4. The zero-order valence-electron chi connectivity index (χ0n) is 16.6. The summed E-state index contributed by atoms with van der Waals surface area (Å²) in [4.78, 5) is 23.2. The van der Waals surface area contributed by atoms with Gasteiger partial charge in [0.2, 0.25) is 0 Å².